The van der Waals surface area contributed by atoms with Gasteiger partial charge in [-0.1, -0.05) is 12.1 Å². The highest BCUT2D eigenvalue weighted by Gasteiger charge is 2.06. The lowest BCUT2D eigenvalue weighted by Gasteiger charge is -2.08. The number of nitrogens with zero attached hydrogens (tertiary/aromatic N) is 2. The number of aryl methyl sites for hydroxylation is 2. The Morgan fingerprint density at radius 2 is 2.15 bits per heavy atom. The molecule has 0 spiro atoms. The summed E-state index contributed by atoms with van der Waals surface area (Å²) < 4.78 is 2.64. The topological polar surface area (TPSA) is 59.0 Å². The summed E-state index contributed by atoms with van der Waals surface area (Å²) in [6.45, 7) is 2.84. The van der Waals surface area contributed by atoms with Crippen molar-refractivity contribution >= 4 is 27.5 Å². The molecule has 5 nitrogen and oxygen atoms in total. The molecule has 1 aromatic heterocycles. The highest BCUT2D eigenvalue weighted by Crippen LogP contribution is 2.20. The van der Waals surface area contributed by atoms with Crippen molar-refractivity contribution in [2.24, 2.45) is 7.05 Å². The molecule has 2 N–H and O–H groups in total. The molecule has 0 saturated carbocycles. The van der Waals surface area contributed by atoms with Gasteiger partial charge in [0.15, 0.2) is 0 Å². The van der Waals surface area contributed by atoms with Crippen LogP contribution in [-0.4, -0.2) is 22.2 Å². The maximum Gasteiger partial charge on any atom is 0.238 e. The van der Waals surface area contributed by atoms with E-state index < -0.39 is 0 Å². The van der Waals surface area contributed by atoms with Crippen LogP contribution >= 0.6 is 15.9 Å². The van der Waals surface area contributed by atoms with E-state index in [1.54, 1.807) is 4.68 Å². The van der Waals surface area contributed by atoms with Gasteiger partial charge in [-0.2, -0.15) is 5.10 Å². The van der Waals surface area contributed by atoms with Crippen LogP contribution in [0.25, 0.3) is 0 Å². The quantitative estimate of drug-likeness (QED) is 0.880. The van der Waals surface area contributed by atoms with Crippen LogP contribution in [0.1, 0.15) is 11.3 Å². The number of carbonyl (C=O) groups excluding carboxylic acids is 1. The van der Waals surface area contributed by atoms with E-state index in [-0.39, 0.29) is 12.5 Å². The molecule has 0 aliphatic rings. The van der Waals surface area contributed by atoms with Crippen molar-refractivity contribution in [2.75, 3.05) is 11.9 Å². The van der Waals surface area contributed by atoms with Gasteiger partial charge in [0.2, 0.25) is 5.91 Å². The van der Waals surface area contributed by atoms with Gasteiger partial charge < -0.3 is 10.6 Å². The number of anilines is 1. The van der Waals surface area contributed by atoms with Gasteiger partial charge in [0, 0.05) is 29.8 Å². The van der Waals surface area contributed by atoms with Crippen molar-refractivity contribution in [3.05, 3.63) is 46.2 Å². The van der Waals surface area contributed by atoms with E-state index in [9.17, 15) is 4.79 Å². The number of nitrogens with one attached hydrogen (secondary N) is 2. The number of hydrogen-bond acceptors (Lipinski definition) is 3. The van der Waals surface area contributed by atoms with Crippen LogP contribution in [0.3, 0.4) is 0 Å². The summed E-state index contributed by atoms with van der Waals surface area (Å²) in [5, 5.41) is 10.2. The molecule has 0 fully saturated rings. The molecule has 0 aliphatic heterocycles. The van der Waals surface area contributed by atoms with Gasteiger partial charge in [-0.3, -0.25) is 9.48 Å². The second kappa shape index (κ2) is 6.67. The van der Waals surface area contributed by atoms with Crippen molar-refractivity contribution in [1.82, 2.24) is 15.1 Å². The minimum Gasteiger partial charge on any atom is -0.324 e. The van der Waals surface area contributed by atoms with E-state index in [1.807, 2.05) is 44.4 Å². The summed E-state index contributed by atoms with van der Waals surface area (Å²) in [6.07, 6.45) is 1.95. The Morgan fingerprint density at radius 3 is 2.80 bits per heavy atom. The van der Waals surface area contributed by atoms with Crippen LogP contribution in [0, 0.1) is 6.92 Å². The minimum atomic E-state index is -0.0709. The Bertz CT molecular complexity index is 609. The fourth-order valence-corrected chi connectivity index (χ4v) is 2.27. The van der Waals surface area contributed by atoms with Crippen molar-refractivity contribution < 1.29 is 4.79 Å². The minimum absolute atomic E-state index is 0.0709. The lowest BCUT2D eigenvalue weighted by atomic mass is 10.2. The van der Waals surface area contributed by atoms with Crippen molar-refractivity contribution in [2.45, 2.75) is 13.5 Å². The summed E-state index contributed by atoms with van der Waals surface area (Å²) in [5.41, 5.74) is 2.85. The van der Waals surface area contributed by atoms with Crippen molar-refractivity contribution in [3.8, 4) is 0 Å². The fraction of sp³-hybridized carbons (Fsp3) is 0.286. The standard InChI is InChI=1S/C14H17BrN4O/c1-10-11(9-19(2)18-10)7-16-8-14(20)17-13-6-4-3-5-12(13)15/h3-6,9,16H,7-8H2,1-2H3,(H,17,20). The third-order valence-electron chi connectivity index (χ3n) is 2.86. The molecule has 2 rings (SSSR count). The zero-order valence-electron chi connectivity index (χ0n) is 11.5. The SMILES string of the molecule is Cc1nn(C)cc1CNCC(=O)Nc1ccccc1Br. The number of benzene rings is 1. The predicted molar refractivity (Wildman–Crippen MR) is 82.4 cm³/mol. The first kappa shape index (κ1) is 14.7. The summed E-state index contributed by atoms with van der Waals surface area (Å²) in [6, 6.07) is 7.53. The summed E-state index contributed by atoms with van der Waals surface area (Å²) >= 11 is 3.40. The highest BCUT2D eigenvalue weighted by molar-refractivity contribution is 9.10. The van der Waals surface area contributed by atoms with Crippen LogP contribution in [-0.2, 0) is 18.4 Å². The van der Waals surface area contributed by atoms with Gasteiger partial charge in [0.05, 0.1) is 17.9 Å². The predicted octanol–water partition coefficient (Wildman–Crippen LogP) is 2.22. The summed E-state index contributed by atoms with van der Waals surface area (Å²) in [4.78, 5) is 11.8. The molecular weight excluding hydrogens is 320 g/mol. The largest absolute Gasteiger partial charge is 0.324 e. The fourth-order valence-electron chi connectivity index (χ4n) is 1.89. The van der Waals surface area contributed by atoms with Gasteiger partial charge in [0.25, 0.3) is 0 Å². The number of amides is 1. The molecule has 1 aromatic carbocycles. The first-order chi connectivity index (χ1) is 9.56. The van der Waals surface area contributed by atoms with E-state index in [4.69, 9.17) is 0 Å². The van der Waals surface area contributed by atoms with Crippen LogP contribution in [0.4, 0.5) is 5.69 Å². The lowest BCUT2D eigenvalue weighted by molar-refractivity contribution is -0.115. The number of rotatable bonds is 5. The summed E-state index contributed by atoms with van der Waals surface area (Å²) in [5.74, 6) is -0.0709. The molecule has 20 heavy (non-hydrogen) atoms. The molecular formula is C14H17BrN4O. The monoisotopic (exact) mass is 336 g/mol. The van der Waals surface area contributed by atoms with Crippen LogP contribution in [0.2, 0.25) is 0 Å². The first-order valence-corrected chi connectivity index (χ1v) is 7.10. The van der Waals surface area contributed by atoms with E-state index in [0.29, 0.717) is 6.54 Å². The molecule has 106 valence electrons. The molecule has 0 bridgehead atoms. The molecule has 0 atom stereocenters. The molecule has 0 aliphatic carbocycles. The number of aromatic nitrogens is 2. The van der Waals surface area contributed by atoms with Crippen LogP contribution in [0.15, 0.2) is 34.9 Å². The van der Waals surface area contributed by atoms with E-state index in [1.165, 1.54) is 0 Å². The second-order valence-electron chi connectivity index (χ2n) is 4.54. The number of carbonyl (C=O) groups is 1. The average molecular weight is 337 g/mol. The Balaban J connectivity index is 1.81. The van der Waals surface area contributed by atoms with Crippen LogP contribution < -0.4 is 10.6 Å². The van der Waals surface area contributed by atoms with Gasteiger partial charge in [0.1, 0.15) is 0 Å². The Labute approximate surface area is 126 Å². The molecule has 2 aromatic rings. The number of halogens is 1. The third-order valence-corrected chi connectivity index (χ3v) is 3.56. The Kier molecular flexibility index (Phi) is 4.92. The number of hydrogen-bond donors (Lipinski definition) is 2. The molecule has 0 saturated heterocycles. The molecule has 6 heteroatoms. The summed E-state index contributed by atoms with van der Waals surface area (Å²) in [7, 11) is 1.89. The Morgan fingerprint density at radius 1 is 1.40 bits per heavy atom. The van der Waals surface area contributed by atoms with Gasteiger partial charge >= 0.3 is 0 Å². The maximum atomic E-state index is 11.8. The highest BCUT2D eigenvalue weighted by atomic mass is 79.9. The molecule has 0 radical (unpaired) electrons. The van der Waals surface area contributed by atoms with Crippen molar-refractivity contribution in [3.63, 3.8) is 0 Å². The van der Waals surface area contributed by atoms with E-state index >= 15 is 0 Å². The molecule has 1 amide bonds. The normalized spacial score (nSPS) is 10.6. The molecule has 1 heterocycles. The Hall–Kier alpha value is -1.66. The van der Waals surface area contributed by atoms with E-state index in [2.05, 4.69) is 31.7 Å². The van der Waals surface area contributed by atoms with Crippen LogP contribution in [0.5, 0.6) is 0 Å². The van der Waals surface area contributed by atoms with Gasteiger partial charge in [-0.25, -0.2) is 0 Å². The van der Waals surface area contributed by atoms with Crippen molar-refractivity contribution in [1.29, 1.82) is 0 Å². The average Bonchev–Trinajstić information content (AvgIpc) is 2.71. The molecule has 0 unspecified atom stereocenters. The smallest absolute Gasteiger partial charge is 0.238 e. The maximum absolute atomic E-state index is 11.8. The zero-order valence-corrected chi connectivity index (χ0v) is 13.1. The van der Waals surface area contributed by atoms with Gasteiger partial charge in [-0.05, 0) is 35.0 Å². The van der Waals surface area contributed by atoms with E-state index in [0.717, 1.165) is 21.4 Å². The third kappa shape index (κ3) is 3.91. The zero-order chi connectivity index (χ0) is 14.5. The number of para-hydroxylation sites is 1. The first-order valence-electron chi connectivity index (χ1n) is 6.30. The second-order valence-corrected chi connectivity index (χ2v) is 5.40. The lowest BCUT2D eigenvalue weighted by Crippen LogP contribution is -2.27. The van der Waals surface area contributed by atoms with Gasteiger partial charge in [-0.15, -0.1) is 0 Å².